The van der Waals surface area contributed by atoms with Crippen molar-refractivity contribution in [2.45, 2.75) is 6.92 Å². The van der Waals surface area contributed by atoms with Crippen LogP contribution < -0.4 is 10.2 Å². The van der Waals surface area contributed by atoms with Crippen molar-refractivity contribution in [1.29, 1.82) is 5.26 Å². The number of carbonyl (C=O) groups is 2. The fraction of sp³-hybridized carbons (Fsp3) is 0.0417. The molecule has 1 heterocycles. The van der Waals surface area contributed by atoms with Gasteiger partial charge >= 0.3 is 0 Å². The molecule has 0 spiro atoms. The smallest absolute Gasteiger partial charge is 0.282 e. The Labute approximate surface area is 178 Å². The minimum absolute atomic E-state index is 0.195. The highest BCUT2D eigenvalue weighted by Crippen LogP contribution is 2.34. The molecule has 0 unspecified atom stereocenters. The zero-order valence-electron chi connectivity index (χ0n) is 16.0. The van der Waals surface area contributed by atoms with E-state index in [9.17, 15) is 9.59 Å². The summed E-state index contributed by atoms with van der Waals surface area (Å²) in [5, 5.41) is 12.7. The molecule has 30 heavy (non-hydrogen) atoms. The molecule has 2 amide bonds. The lowest BCUT2D eigenvalue weighted by atomic mass is 10.0. The number of nitrogens with zero attached hydrogens (tertiary/aromatic N) is 2. The number of aryl methyl sites for hydroxylation is 1. The predicted molar refractivity (Wildman–Crippen MR) is 117 cm³/mol. The van der Waals surface area contributed by atoms with E-state index in [4.69, 9.17) is 16.9 Å². The number of halogens is 1. The minimum atomic E-state index is -0.460. The van der Waals surface area contributed by atoms with Gasteiger partial charge in [-0.15, -0.1) is 0 Å². The quantitative estimate of drug-likeness (QED) is 0.616. The van der Waals surface area contributed by atoms with Gasteiger partial charge in [0.05, 0.1) is 22.9 Å². The summed E-state index contributed by atoms with van der Waals surface area (Å²) in [7, 11) is 0. The van der Waals surface area contributed by atoms with Crippen LogP contribution in [0.3, 0.4) is 0 Å². The van der Waals surface area contributed by atoms with Crippen molar-refractivity contribution in [2.24, 2.45) is 0 Å². The van der Waals surface area contributed by atoms with Crippen LogP contribution in [-0.4, -0.2) is 11.8 Å². The average Bonchev–Trinajstić information content (AvgIpc) is 3.00. The molecule has 1 aliphatic heterocycles. The maximum Gasteiger partial charge on any atom is 0.282 e. The number of benzene rings is 3. The highest BCUT2D eigenvalue weighted by Gasteiger charge is 2.40. The van der Waals surface area contributed by atoms with Crippen LogP contribution in [0.2, 0.25) is 5.02 Å². The van der Waals surface area contributed by atoms with Gasteiger partial charge in [-0.2, -0.15) is 5.26 Å². The van der Waals surface area contributed by atoms with Gasteiger partial charge in [-0.1, -0.05) is 41.9 Å². The van der Waals surface area contributed by atoms with Crippen molar-refractivity contribution < 1.29 is 9.59 Å². The van der Waals surface area contributed by atoms with Gasteiger partial charge in [0.1, 0.15) is 5.70 Å². The van der Waals surface area contributed by atoms with Gasteiger partial charge in [0.25, 0.3) is 11.8 Å². The maximum absolute atomic E-state index is 13.3. The molecule has 0 aromatic heterocycles. The van der Waals surface area contributed by atoms with E-state index in [0.29, 0.717) is 33.1 Å². The Hall–Kier alpha value is -3.88. The molecule has 0 radical (unpaired) electrons. The van der Waals surface area contributed by atoms with E-state index in [0.717, 1.165) is 10.5 Å². The molecule has 0 fully saturated rings. The predicted octanol–water partition coefficient (Wildman–Crippen LogP) is 4.92. The SMILES string of the molecule is Cc1cc(Cl)ccc1NC1=C(c2ccccc2)C(=O)N(c2ccc(C#N)cc2)C1=O. The Balaban J connectivity index is 1.81. The van der Waals surface area contributed by atoms with Crippen molar-refractivity contribution in [2.75, 3.05) is 10.2 Å². The molecule has 4 rings (SSSR count). The average molecular weight is 414 g/mol. The molecular formula is C24H16ClN3O2. The fourth-order valence-corrected chi connectivity index (χ4v) is 3.57. The summed E-state index contributed by atoms with van der Waals surface area (Å²) in [6.45, 7) is 1.87. The Morgan fingerprint density at radius 3 is 2.27 bits per heavy atom. The topological polar surface area (TPSA) is 73.2 Å². The molecule has 0 saturated carbocycles. The van der Waals surface area contributed by atoms with Crippen LogP contribution in [0.5, 0.6) is 0 Å². The lowest BCUT2D eigenvalue weighted by Crippen LogP contribution is -2.32. The van der Waals surface area contributed by atoms with Crippen molar-refractivity contribution in [3.05, 3.63) is 100 Å². The largest absolute Gasteiger partial charge is 0.350 e. The second-order valence-electron chi connectivity index (χ2n) is 6.80. The monoisotopic (exact) mass is 413 g/mol. The fourth-order valence-electron chi connectivity index (χ4n) is 3.34. The second kappa shape index (κ2) is 7.86. The molecule has 0 bridgehead atoms. The lowest BCUT2D eigenvalue weighted by Gasteiger charge is -2.16. The summed E-state index contributed by atoms with van der Waals surface area (Å²) in [6, 6.07) is 22.7. The zero-order chi connectivity index (χ0) is 21.3. The molecule has 0 atom stereocenters. The molecule has 5 nitrogen and oxygen atoms in total. The number of carbonyl (C=O) groups excluding carboxylic acids is 2. The Morgan fingerprint density at radius 1 is 0.933 bits per heavy atom. The van der Waals surface area contributed by atoms with Gasteiger partial charge in [-0.05, 0) is 60.5 Å². The molecule has 1 N–H and O–H groups in total. The number of imide groups is 1. The number of nitriles is 1. The maximum atomic E-state index is 13.3. The molecule has 146 valence electrons. The molecule has 3 aromatic rings. The Kier molecular flexibility index (Phi) is 5.09. The van der Waals surface area contributed by atoms with Gasteiger partial charge < -0.3 is 5.32 Å². The number of hydrogen-bond acceptors (Lipinski definition) is 4. The van der Waals surface area contributed by atoms with E-state index in [2.05, 4.69) is 5.32 Å². The lowest BCUT2D eigenvalue weighted by molar-refractivity contribution is -0.120. The Morgan fingerprint density at radius 2 is 1.63 bits per heavy atom. The highest BCUT2D eigenvalue weighted by molar-refractivity contribution is 6.46. The third kappa shape index (κ3) is 3.45. The first-order chi connectivity index (χ1) is 14.5. The van der Waals surface area contributed by atoms with E-state index >= 15 is 0 Å². The third-order valence-electron chi connectivity index (χ3n) is 4.85. The zero-order valence-corrected chi connectivity index (χ0v) is 16.8. The van der Waals surface area contributed by atoms with E-state index in [-0.39, 0.29) is 5.70 Å². The first kappa shape index (κ1) is 19.4. The second-order valence-corrected chi connectivity index (χ2v) is 7.24. The molecule has 0 aliphatic carbocycles. The van der Waals surface area contributed by atoms with Gasteiger partial charge in [0, 0.05) is 10.7 Å². The van der Waals surface area contributed by atoms with Crippen LogP contribution in [-0.2, 0) is 9.59 Å². The number of amides is 2. The van der Waals surface area contributed by atoms with Gasteiger partial charge in [0.2, 0.25) is 0 Å². The van der Waals surface area contributed by atoms with E-state index in [1.165, 1.54) is 0 Å². The summed E-state index contributed by atoms with van der Waals surface area (Å²) >= 11 is 6.05. The van der Waals surface area contributed by atoms with E-state index in [1.807, 2.05) is 31.2 Å². The Bertz CT molecular complexity index is 1230. The normalized spacial score (nSPS) is 13.6. The van der Waals surface area contributed by atoms with E-state index in [1.54, 1.807) is 54.6 Å². The number of hydrogen-bond donors (Lipinski definition) is 1. The van der Waals surface area contributed by atoms with Crippen LogP contribution >= 0.6 is 11.6 Å². The van der Waals surface area contributed by atoms with Crippen molar-refractivity contribution in [3.8, 4) is 6.07 Å². The van der Waals surface area contributed by atoms with Crippen LogP contribution in [0.25, 0.3) is 5.57 Å². The first-order valence-corrected chi connectivity index (χ1v) is 9.59. The first-order valence-electron chi connectivity index (χ1n) is 9.21. The molecular weight excluding hydrogens is 398 g/mol. The van der Waals surface area contributed by atoms with Crippen LogP contribution in [0, 0.1) is 18.3 Å². The van der Waals surface area contributed by atoms with Crippen molar-refractivity contribution in [1.82, 2.24) is 0 Å². The number of rotatable bonds is 4. The molecule has 0 saturated heterocycles. The summed E-state index contributed by atoms with van der Waals surface area (Å²) in [5.41, 5.74) is 3.51. The van der Waals surface area contributed by atoms with Gasteiger partial charge in [0.15, 0.2) is 0 Å². The number of nitrogens with one attached hydrogen (secondary N) is 1. The molecule has 3 aromatic carbocycles. The molecule has 6 heteroatoms. The molecule has 1 aliphatic rings. The summed E-state index contributed by atoms with van der Waals surface area (Å²) in [6.07, 6.45) is 0. The van der Waals surface area contributed by atoms with Crippen molar-refractivity contribution in [3.63, 3.8) is 0 Å². The standard InChI is InChI=1S/C24H16ClN3O2/c1-15-13-18(25)9-12-20(15)27-22-21(17-5-3-2-4-6-17)23(29)28(24(22)30)19-10-7-16(14-26)8-11-19/h2-13,27H,1H3. The van der Waals surface area contributed by atoms with Crippen LogP contribution in [0.4, 0.5) is 11.4 Å². The summed E-state index contributed by atoms with van der Waals surface area (Å²) < 4.78 is 0. The van der Waals surface area contributed by atoms with Gasteiger partial charge in [-0.3, -0.25) is 9.59 Å². The van der Waals surface area contributed by atoms with E-state index < -0.39 is 11.8 Å². The van der Waals surface area contributed by atoms with Crippen LogP contribution in [0.15, 0.2) is 78.5 Å². The van der Waals surface area contributed by atoms with Crippen LogP contribution in [0.1, 0.15) is 16.7 Å². The summed E-state index contributed by atoms with van der Waals surface area (Å²) in [4.78, 5) is 27.8. The van der Waals surface area contributed by atoms with Gasteiger partial charge in [-0.25, -0.2) is 4.90 Å². The minimum Gasteiger partial charge on any atom is -0.350 e. The highest BCUT2D eigenvalue weighted by atomic mass is 35.5. The third-order valence-corrected chi connectivity index (χ3v) is 5.08. The number of anilines is 2. The summed E-state index contributed by atoms with van der Waals surface area (Å²) in [5.74, 6) is -0.886. The van der Waals surface area contributed by atoms with Crippen molar-refractivity contribution >= 4 is 40.4 Å².